The summed E-state index contributed by atoms with van der Waals surface area (Å²) in [6, 6.07) is 14.4. The lowest BCUT2D eigenvalue weighted by Gasteiger charge is -2.07. The Hall–Kier alpha value is -3.19. The summed E-state index contributed by atoms with van der Waals surface area (Å²) in [5, 5.41) is 10.9. The van der Waals surface area contributed by atoms with Crippen LogP contribution in [0, 0.1) is 24.1 Å². The van der Waals surface area contributed by atoms with Crippen LogP contribution < -0.4 is 4.57 Å². The lowest BCUT2D eigenvalue weighted by Crippen LogP contribution is -2.30. The zero-order chi connectivity index (χ0) is 16.8. The standard InChI is InChI=1S/C20H14FN2O/c1-12-9-13(11-22)20-19(15-10-14(21)6-7-17(15)24-20)18(12)16-5-3-4-8-23(16)2/h3-10H,1-2H3/q+1. The monoisotopic (exact) mass is 317 g/mol. The summed E-state index contributed by atoms with van der Waals surface area (Å²) in [4.78, 5) is 0. The van der Waals surface area contributed by atoms with Gasteiger partial charge in [-0.05, 0) is 42.8 Å². The molecule has 0 amide bonds. The van der Waals surface area contributed by atoms with Crippen molar-refractivity contribution in [1.82, 2.24) is 0 Å². The number of fused-ring (bicyclic) bond motifs is 3. The fourth-order valence-corrected chi connectivity index (χ4v) is 3.26. The summed E-state index contributed by atoms with van der Waals surface area (Å²) < 4.78 is 21.7. The predicted octanol–water partition coefficient (Wildman–Crippen LogP) is 4.40. The molecule has 3 nitrogen and oxygen atoms in total. The van der Waals surface area contributed by atoms with Gasteiger partial charge >= 0.3 is 0 Å². The van der Waals surface area contributed by atoms with Crippen LogP contribution in [0.25, 0.3) is 33.2 Å². The zero-order valence-electron chi connectivity index (χ0n) is 13.3. The number of benzene rings is 2. The molecule has 4 rings (SSSR count). The van der Waals surface area contributed by atoms with Gasteiger partial charge in [0.25, 0.3) is 0 Å². The maximum absolute atomic E-state index is 13.8. The fraction of sp³-hybridized carbons (Fsp3) is 0.100. The molecule has 4 heteroatoms. The second kappa shape index (κ2) is 5.17. The number of nitrogens with zero attached hydrogens (tertiary/aromatic N) is 2. The van der Waals surface area contributed by atoms with E-state index in [1.54, 1.807) is 6.07 Å². The molecule has 4 aromatic rings. The van der Waals surface area contributed by atoms with Crippen LogP contribution in [0.5, 0.6) is 0 Å². The molecule has 0 saturated heterocycles. The molecule has 0 spiro atoms. The van der Waals surface area contributed by atoms with Gasteiger partial charge in [-0.15, -0.1) is 0 Å². The minimum Gasteiger partial charge on any atom is -0.455 e. The molecule has 116 valence electrons. The molecule has 0 bridgehead atoms. The maximum atomic E-state index is 13.8. The van der Waals surface area contributed by atoms with E-state index in [1.807, 2.05) is 49.0 Å². The van der Waals surface area contributed by atoms with Crippen molar-refractivity contribution >= 4 is 21.9 Å². The third-order valence-electron chi connectivity index (χ3n) is 4.33. The highest BCUT2D eigenvalue weighted by atomic mass is 19.1. The van der Waals surface area contributed by atoms with Crippen molar-refractivity contribution in [3.05, 3.63) is 65.6 Å². The van der Waals surface area contributed by atoms with Crippen LogP contribution in [-0.2, 0) is 7.05 Å². The number of aryl methyl sites for hydroxylation is 2. The van der Waals surface area contributed by atoms with Crippen LogP contribution in [-0.4, -0.2) is 0 Å². The van der Waals surface area contributed by atoms with Crippen molar-refractivity contribution < 1.29 is 13.4 Å². The summed E-state index contributed by atoms with van der Waals surface area (Å²) in [6.07, 6.45) is 1.96. The fourth-order valence-electron chi connectivity index (χ4n) is 3.26. The Morgan fingerprint density at radius 2 is 2.00 bits per heavy atom. The van der Waals surface area contributed by atoms with Gasteiger partial charge < -0.3 is 4.42 Å². The summed E-state index contributed by atoms with van der Waals surface area (Å²) in [6.45, 7) is 1.96. The summed E-state index contributed by atoms with van der Waals surface area (Å²) in [5.41, 5.74) is 4.43. The normalized spacial score (nSPS) is 11.1. The molecule has 2 aromatic carbocycles. The smallest absolute Gasteiger partial charge is 0.213 e. The highest BCUT2D eigenvalue weighted by Crippen LogP contribution is 2.39. The van der Waals surface area contributed by atoms with E-state index in [1.165, 1.54) is 12.1 Å². The maximum Gasteiger partial charge on any atom is 0.213 e. The first-order valence-electron chi connectivity index (χ1n) is 7.60. The minimum atomic E-state index is -0.325. The van der Waals surface area contributed by atoms with Crippen molar-refractivity contribution in [2.75, 3.05) is 0 Å². The molecule has 0 aliphatic heterocycles. The van der Waals surface area contributed by atoms with Crippen LogP contribution >= 0.6 is 0 Å². The number of rotatable bonds is 1. The minimum absolute atomic E-state index is 0.325. The molecule has 0 radical (unpaired) electrons. The van der Waals surface area contributed by atoms with E-state index in [0.29, 0.717) is 22.1 Å². The number of aromatic nitrogens is 1. The zero-order valence-corrected chi connectivity index (χ0v) is 13.3. The van der Waals surface area contributed by atoms with E-state index in [9.17, 15) is 9.65 Å². The van der Waals surface area contributed by atoms with Crippen molar-refractivity contribution in [2.24, 2.45) is 7.05 Å². The van der Waals surface area contributed by atoms with Crippen LogP contribution in [0.4, 0.5) is 4.39 Å². The molecule has 2 heterocycles. The lowest BCUT2D eigenvalue weighted by molar-refractivity contribution is -0.660. The molecule has 0 unspecified atom stereocenters. The SMILES string of the molecule is Cc1cc(C#N)c2oc3ccc(F)cc3c2c1-c1cccc[n+]1C. The molecular weight excluding hydrogens is 303 g/mol. The molecule has 0 atom stereocenters. The van der Waals surface area contributed by atoms with E-state index in [2.05, 4.69) is 6.07 Å². The van der Waals surface area contributed by atoms with Gasteiger partial charge in [0.05, 0.1) is 11.1 Å². The molecule has 2 aromatic heterocycles. The van der Waals surface area contributed by atoms with E-state index in [4.69, 9.17) is 4.42 Å². The highest BCUT2D eigenvalue weighted by Gasteiger charge is 2.22. The summed E-state index contributed by atoms with van der Waals surface area (Å²) in [5.74, 6) is -0.325. The van der Waals surface area contributed by atoms with Crippen molar-refractivity contribution in [3.8, 4) is 17.3 Å². The third kappa shape index (κ3) is 1.99. The molecule has 0 fully saturated rings. The van der Waals surface area contributed by atoms with Crippen LogP contribution in [0.2, 0.25) is 0 Å². The third-order valence-corrected chi connectivity index (χ3v) is 4.33. The highest BCUT2D eigenvalue weighted by molar-refractivity contribution is 6.14. The average Bonchev–Trinajstić information content (AvgIpc) is 2.94. The van der Waals surface area contributed by atoms with Gasteiger partial charge in [0.2, 0.25) is 5.69 Å². The van der Waals surface area contributed by atoms with Gasteiger partial charge in [-0.3, -0.25) is 0 Å². The number of hydrogen-bond donors (Lipinski definition) is 0. The second-order valence-electron chi connectivity index (χ2n) is 5.87. The second-order valence-corrected chi connectivity index (χ2v) is 5.87. The number of pyridine rings is 1. The van der Waals surface area contributed by atoms with E-state index in [-0.39, 0.29) is 5.82 Å². The van der Waals surface area contributed by atoms with Gasteiger partial charge in [-0.1, -0.05) is 0 Å². The van der Waals surface area contributed by atoms with Crippen molar-refractivity contribution in [1.29, 1.82) is 5.26 Å². The van der Waals surface area contributed by atoms with E-state index in [0.717, 1.165) is 22.2 Å². The quantitative estimate of drug-likeness (QED) is 0.488. The molecule has 0 N–H and O–H groups in total. The molecule has 0 saturated carbocycles. The van der Waals surface area contributed by atoms with Crippen LogP contribution in [0.15, 0.2) is 53.1 Å². The van der Waals surface area contributed by atoms with E-state index < -0.39 is 0 Å². The Morgan fingerprint density at radius 3 is 2.75 bits per heavy atom. The number of nitriles is 1. The Labute approximate surface area is 138 Å². The van der Waals surface area contributed by atoms with Crippen LogP contribution in [0.3, 0.4) is 0 Å². The van der Waals surface area contributed by atoms with Gasteiger partial charge in [0, 0.05) is 22.9 Å². The summed E-state index contributed by atoms with van der Waals surface area (Å²) in [7, 11) is 1.96. The largest absolute Gasteiger partial charge is 0.455 e. The first-order chi connectivity index (χ1) is 11.6. The first-order valence-corrected chi connectivity index (χ1v) is 7.60. The number of furan rings is 1. The van der Waals surface area contributed by atoms with Gasteiger partial charge in [0.15, 0.2) is 11.8 Å². The van der Waals surface area contributed by atoms with Gasteiger partial charge in [0.1, 0.15) is 24.5 Å². The van der Waals surface area contributed by atoms with Gasteiger partial charge in [-0.2, -0.15) is 5.26 Å². The number of halogens is 1. The Bertz CT molecular complexity index is 1150. The Kier molecular flexibility index (Phi) is 3.10. The van der Waals surface area contributed by atoms with Crippen LogP contribution in [0.1, 0.15) is 11.1 Å². The predicted molar refractivity (Wildman–Crippen MR) is 89.7 cm³/mol. The Balaban J connectivity index is 2.27. The number of hydrogen-bond acceptors (Lipinski definition) is 2. The summed E-state index contributed by atoms with van der Waals surface area (Å²) >= 11 is 0. The molecular formula is C20H14FN2O+. The lowest BCUT2D eigenvalue weighted by atomic mass is 9.95. The molecule has 24 heavy (non-hydrogen) atoms. The first kappa shape index (κ1) is 14.4. The van der Waals surface area contributed by atoms with Gasteiger partial charge in [-0.25, -0.2) is 8.96 Å². The van der Waals surface area contributed by atoms with Crippen molar-refractivity contribution in [2.45, 2.75) is 6.92 Å². The molecule has 0 aliphatic carbocycles. The average molecular weight is 317 g/mol. The van der Waals surface area contributed by atoms with Crippen molar-refractivity contribution in [3.63, 3.8) is 0 Å². The molecule has 0 aliphatic rings. The topological polar surface area (TPSA) is 40.8 Å². The van der Waals surface area contributed by atoms with E-state index >= 15 is 0 Å². The Morgan fingerprint density at radius 1 is 1.17 bits per heavy atom.